The number of rotatable bonds is 12. The van der Waals surface area contributed by atoms with E-state index in [0.717, 1.165) is 16.2 Å². The Labute approximate surface area is 195 Å². The number of hydrogen-bond acceptors (Lipinski definition) is 7. The van der Waals surface area contributed by atoms with Crippen LogP contribution in [0.15, 0.2) is 65.0 Å². The maximum Gasteiger partial charge on any atom is 0.294 e. The van der Waals surface area contributed by atoms with Gasteiger partial charge in [0.05, 0.1) is 18.8 Å². The van der Waals surface area contributed by atoms with E-state index in [9.17, 15) is 14.4 Å². The highest BCUT2D eigenvalue weighted by atomic mass is 32.2. The van der Waals surface area contributed by atoms with Gasteiger partial charge in [0, 0.05) is 23.0 Å². The van der Waals surface area contributed by atoms with Gasteiger partial charge in [-0.05, 0) is 23.4 Å². The van der Waals surface area contributed by atoms with Crippen LogP contribution in [0.4, 0.5) is 5.82 Å². The minimum Gasteiger partial charge on any atom is -0.361 e. The van der Waals surface area contributed by atoms with Gasteiger partial charge in [0.2, 0.25) is 5.91 Å². The molecule has 9 heteroatoms. The van der Waals surface area contributed by atoms with Crippen molar-refractivity contribution in [1.29, 1.82) is 0 Å². The Bertz CT molecular complexity index is 1070. The molecule has 0 saturated heterocycles. The number of nitrogens with zero attached hydrogens (tertiary/aromatic N) is 2. The molecule has 168 valence electrons. The number of thioether (sulfide) groups is 1. The topological polar surface area (TPSA) is 93.1 Å². The van der Waals surface area contributed by atoms with E-state index in [4.69, 9.17) is 0 Å². The summed E-state index contributed by atoms with van der Waals surface area (Å²) in [5, 5.41) is 7.68. The van der Waals surface area contributed by atoms with Crippen molar-refractivity contribution in [1.82, 2.24) is 14.9 Å². The Hall–Kier alpha value is -2.91. The summed E-state index contributed by atoms with van der Waals surface area (Å²) in [6, 6.07) is 13.1. The van der Waals surface area contributed by atoms with Crippen molar-refractivity contribution in [2.45, 2.75) is 31.7 Å². The van der Waals surface area contributed by atoms with Crippen LogP contribution in [0.3, 0.4) is 0 Å². The van der Waals surface area contributed by atoms with E-state index >= 15 is 0 Å². The summed E-state index contributed by atoms with van der Waals surface area (Å²) >= 11 is 3.10. The van der Waals surface area contributed by atoms with Crippen molar-refractivity contribution in [3.63, 3.8) is 0 Å². The molecule has 0 fully saturated rings. The number of anilines is 1. The highest BCUT2D eigenvalue weighted by molar-refractivity contribution is 7.99. The van der Waals surface area contributed by atoms with Gasteiger partial charge in [-0.1, -0.05) is 43.3 Å². The largest absolute Gasteiger partial charge is 0.361 e. The van der Waals surface area contributed by atoms with Gasteiger partial charge >= 0.3 is 0 Å². The number of carbonyl (C=O) groups is 2. The summed E-state index contributed by atoms with van der Waals surface area (Å²) in [5.41, 5.74) is 0.789. The van der Waals surface area contributed by atoms with Crippen molar-refractivity contribution in [2.75, 3.05) is 17.6 Å². The van der Waals surface area contributed by atoms with Crippen LogP contribution >= 0.6 is 23.1 Å². The van der Waals surface area contributed by atoms with E-state index in [2.05, 4.69) is 15.6 Å². The molecular formula is C23H26N4O3S2. The number of benzene rings is 1. The number of carbonyl (C=O) groups excluding carboxylic acids is 2. The lowest BCUT2D eigenvalue weighted by atomic mass is 10.2. The zero-order valence-corrected chi connectivity index (χ0v) is 19.5. The second-order valence-electron chi connectivity index (χ2n) is 7.08. The highest BCUT2D eigenvalue weighted by Gasteiger charge is 2.21. The normalized spacial score (nSPS) is 11.7. The molecule has 1 aromatic carbocycles. The molecule has 0 aliphatic rings. The molecule has 32 heavy (non-hydrogen) atoms. The third-order valence-electron chi connectivity index (χ3n) is 4.74. The van der Waals surface area contributed by atoms with E-state index < -0.39 is 6.04 Å². The van der Waals surface area contributed by atoms with Crippen LogP contribution in [-0.2, 0) is 21.9 Å². The maximum atomic E-state index is 12.8. The van der Waals surface area contributed by atoms with Crippen LogP contribution in [0.25, 0.3) is 0 Å². The van der Waals surface area contributed by atoms with E-state index in [1.807, 2.05) is 54.8 Å². The minimum atomic E-state index is -0.711. The van der Waals surface area contributed by atoms with E-state index in [-0.39, 0.29) is 29.6 Å². The molecule has 1 atom stereocenters. The molecular weight excluding hydrogens is 444 g/mol. The number of nitrogens with one attached hydrogen (secondary N) is 2. The summed E-state index contributed by atoms with van der Waals surface area (Å²) in [5.74, 6) is 0.838. The van der Waals surface area contributed by atoms with Crippen LogP contribution in [0.1, 0.15) is 29.8 Å². The Morgan fingerprint density at radius 3 is 2.72 bits per heavy atom. The smallest absolute Gasteiger partial charge is 0.294 e. The second-order valence-corrected chi connectivity index (χ2v) is 9.10. The average molecular weight is 471 g/mol. The molecule has 0 aliphatic heterocycles. The van der Waals surface area contributed by atoms with Crippen LogP contribution in [-0.4, -0.2) is 33.5 Å². The second kappa shape index (κ2) is 12.2. The molecule has 1 amide bonds. The van der Waals surface area contributed by atoms with Crippen molar-refractivity contribution >= 4 is 40.6 Å². The van der Waals surface area contributed by atoms with E-state index in [1.54, 1.807) is 11.3 Å². The van der Waals surface area contributed by atoms with Gasteiger partial charge in [0.15, 0.2) is 11.6 Å². The predicted molar refractivity (Wildman–Crippen MR) is 130 cm³/mol. The van der Waals surface area contributed by atoms with Gasteiger partial charge in [-0.2, -0.15) is 0 Å². The summed E-state index contributed by atoms with van der Waals surface area (Å²) in [7, 11) is 0. The number of hydrogen-bond donors (Lipinski definition) is 2. The van der Waals surface area contributed by atoms with Crippen LogP contribution < -0.4 is 16.2 Å². The fourth-order valence-electron chi connectivity index (χ4n) is 3.10. The van der Waals surface area contributed by atoms with Crippen molar-refractivity contribution in [3.05, 3.63) is 81.0 Å². The lowest BCUT2D eigenvalue weighted by Crippen LogP contribution is -2.40. The predicted octanol–water partition coefficient (Wildman–Crippen LogP) is 3.49. The van der Waals surface area contributed by atoms with Crippen molar-refractivity contribution < 1.29 is 9.59 Å². The van der Waals surface area contributed by atoms with E-state index in [0.29, 0.717) is 18.7 Å². The Balaban J connectivity index is 1.52. The summed E-state index contributed by atoms with van der Waals surface area (Å²) < 4.78 is 1.37. The van der Waals surface area contributed by atoms with Crippen LogP contribution in [0.2, 0.25) is 0 Å². The molecule has 0 aliphatic carbocycles. The first-order valence-electron chi connectivity index (χ1n) is 10.3. The maximum absolute atomic E-state index is 12.8. The monoisotopic (exact) mass is 470 g/mol. The number of Topliss-reactive ketones (excluding diaryl/α,β-unsaturated/α-hetero) is 1. The van der Waals surface area contributed by atoms with E-state index in [1.165, 1.54) is 28.7 Å². The molecule has 3 rings (SSSR count). The molecule has 0 spiro atoms. The first-order chi connectivity index (χ1) is 15.6. The number of thiophene rings is 1. The highest BCUT2D eigenvalue weighted by Crippen LogP contribution is 2.13. The molecule has 2 heterocycles. The van der Waals surface area contributed by atoms with Gasteiger partial charge in [0.1, 0.15) is 6.04 Å². The van der Waals surface area contributed by atoms with Gasteiger partial charge in [-0.25, -0.2) is 4.98 Å². The fraction of sp³-hybridized carbons (Fsp3) is 0.304. The first-order valence-corrected chi connectivity index (χ1v) is 12.4. The molecule has 1 unspecified atom stereocenters. The fourth-order valence-corrected chi connectivity index (χ4v) is 4.60. The van der Waals surface area contributed by atoms with Gasteiger partial charge < -0.3 is 10.6 Å². The quantitative estimate of drug-likeness (QED) is 0.421. The Morgan fingerprint density at radius 1 is 1.19 bits per heavy atom. The summed E-state index contributed by atoms with van der Waals surface area (Å²) in [4.78, 5) is 42.9. The molecule has 2 aromatic heterocycles. The summed E-state index contributed by atoms with van der Waals surface area (Å²) in [6.07, 6.45) is 3.42. The lowest BCUT2D eigenvalue weighted by molar-refractivity contribution is -0.127. The molecule has 3 aromatic rings. The Kier molecular flexibility index (Phi) is 9.06. The lowest BCUT2D eigenvalue weighted by Gasteiger charge is -2.18. The number of aromatic nitrogens is 2. The van der Waals surface area contributed by atoms with Gasteiger partial charge in [-0.3, -0.25) is 19.0 Å². The van der Waals surface area contributed by atoms with Gasteiger partial charge in [0.25, 0.3) is 5.56 Å². The molecule has 0 saturated carbocycles. The number of ketones is 1. The Morgan fingerprint density at radius 2 is 2.00 bits per heavy atom. The third kappa shape index (κ3) is 6.80. The zero-order chi connectivity index (χ0) is 22.8. The first kappa shape index (κ1) is 23.7. The molecule has 7 nitrogen and oxygen atoms in total. The van der Waals surface area contributed by atoms with Crippen LogP contribution in [0, 0.1) is 0 Å². The standard InChI is InChI=1S/C23H26N4O3S2/c1-2-20(22(29)26-13-18(28)16-31-15-17-7-4-3-5-8-17)27-11-10-24-21(23(27)30)25-14-19-9-6-12-32-19/h3-12,20H,2,13-16H2,1H3,(H,24,25)(H,26,29). The molecule has 2 N–H and O–H groups in total. The summed E-state index contributed by atoms with van der Waals surface area (Å²) in [6.45, 7) is 2.26. The van der Waals surface area contributed by atoms with Gasteiger partial charge in [-0.15, -0.1) is 23.1 Å². The molecule has 0 bridgehead atoms. The minimum absolute atomic E-state index is 0.0551. The number of amides is 1. The third-order valence-corrected chi connectivity index (χ3v) is 6.68. The van der Waals surface area contributed by atoms with Crippen LogP contribution in [0.5, 0.6) is 0 Å². The zero-order valence-electron chi connectivity index (χ0n) is 17.8. The average Bonchev–Trinajstić information content (AvgIpc) is 3.33. The SMILES string of the molecule is CCC(C(=O)NCC(=O)CSCc1ccccc1)n1ccnc(NCc2cccs2)c1=O. The molecule has 0 radical (unpaired) electrons. The van der Waals surface area contributed by atoms with Crippen molar-refractivity contribution in [2.24, 2.45) is 0 Å². The van der Waals surface area contributed by atoms with Crippen molar-refractivity contribution in [3.8, 4) is 0 Å².